The molecule has 1 amide bonds. The molecule has 0 aliphatic carbocycles. The van der Waals surface area contributed by atoms with Crippen molar-refractivity contribution >= 4 is 17.4 Å². The quantitative estimate of drug-likeness (QED) is 0.265. The van der Waals surface area contributed by atoms with Crippen LogP contribution in [-0.4, -0.2) is 41.0 Å². The van der Waals surface area contributed by atoms with Crippen molar-refractivity contribution in [2.75, 3.05) is 13.2 Å². The van der Waals surface area contributed by atoms with Crippen molar-refractivity contribution in [3.8, 4) is 11.5 Å². The van der Waals surface area contributed by atoms with Gasteiger partial charge < -0.3 is 19.5 Å². The minimum atomic E-state index is -0.661. The fraction of sp³-hybridized carbons (Fsp3) is 0.407. The SMILES string of the molecule is CCCCCN1C(=O)C(=O)/C(=C(\O)c2ccc3c(c2)CC(C)O3)C1c1cccc(OCC)c1. The lowest BCUT2D eigenvalue weighted by Gasteiger charge is -2.25. The molecule has 0 bridgehead atoms. The van der Waals surface area contributed by atoms with Crippen LogP contribution in [0, 0.1) is 0 Å². The molecular weight excluding hydrogens is 418 g/mol. The number of carbonyl (C=O) groups excluding carboxylic acids is 2. The molecule has 2 unspecified atom stereocenters. The lowest BCUT2D eigenvalue weighted by atomic mass is 9.94. The molecule has 2 aromatic rings. The molecule has 6 nitrogen and oxygen atoms in total. The molecule has 0 radical (unpaired) electrons. The molecule has 0 spiro atoms. The Hall–Kier alpha value is -3.28. The zero-order chi connectivity index (χ0) is 23.5. The first kappa shape index (κ1) is 22.9. The molecule has 0 aromatic heterocycles. The zero-order valence-electron chi connectivity index (χ0n) is 19.5. The van der Waals surface area contributed by atoms with Crippen LogP contribution < -0.4 is 9.47 Å². The molecule has 174 valence electrons. The molecule has 2 aromatic carbocycles. The van der Waals surface area contributed by atoms with E-state index in [1.165, 1.54) is 0 Å². The van der Waals surface area contributed by atoms with Crippen molar-refractivity contribution in [3.63, 3.8) is 0 Å². The van der Waals surface area contributed by atoms with Gasteiger partial charge in [-0.2, -0.15) is 0 Å². The molecule has 0 saturated carbocycles. The molecular formula is C27H31NO5. The molecule has 1 saturated heterocycles. The van der Waals surface area contributed by atoms with Crippen molar-refractivity contribution in [1.29, 1.82) is 0 Å². The van der Waals surface area contributed by atoms with E-state index in [2.05, 4.69) is 6.92 Å². The number of aliphatic hydroxyl groups excluding tert-OH is 1. The summed E-state index contributed by atoms with van der Waals surface area (Å²) in [5, 5.41) is 11.3. The van der Waals surface area contributed by atoms with Crippen molar-refractivity contribution in [3.05, 3.63) is 64.7 Å². The van der Waals surface area contributed by atoms with E-state index in [-0.39, 0.29) is 17.4 Å². The molecule has 1 fully saturated rings. The summed E-state index contributed by atoms with van der Waals surface area (Å²) in [6.45, 7) is 6.95. The fourth-order valence-electron chi connectivity index (χ4n) is 4.66. The van der Waals surface area contributed by atoms with Crippen LogP contribution in [0.1, 0.15) is 62.8 Å². The van der Waals surface area contributed by atoms with E-state index in [9.17, 15) is 14.7 Å². The number of likely N-dealkylation sites (tertiary alicyclic amines) is 1. The van der Waals surface area contributed by atoms with Gasteiger partial charge in [-0.3, -0.25) is 9.59 Å². The lowest BCUT2D eigenvalue weighted by Crippen LogP contribution is -2.30. The lowest BCUT2D eigenvalue weighted by molar-refractivity contribution is -0.139. The monoisotopic (exact) mass is 449 g/mol. The second-order valence-electron chi connectivity index (χ2n) is 8.66. The summed E-state index contributed by atoms with van der Waals surface area (Å²) in [5.74, 6) is 0.0804. The Balaban J connectivity index is 1.80. The van der Waals surface area contributed by atoms with Gasteiger partial charge in [-0.25, -0.2) is 0 Å². The fourth-order valence-corrected chi connectivity index (χ4v) is 4.66. The third kappa shape index (κ3) is 4.47. The normalized spacial score (nSPS) is 21.2. The summed E-state index contributed by atoms with van der Waals surface area (Å²) >= 11 is 0. The molecule has 6 heteroatoms. The largest absolute Gasteiger partial charge is 0.507 e. The average Bonchev–Trinajstić information content (AvgIpc) is 3.30. The topological polar surface area (TPSA) is 76.1 Å². The number of Topliss-reactive ketones (excluding diaryl/α,β-unsaturated/α-hetero) is 1. The van der Waals surface area contributed by atoms with E-state index >= 15 is 0 Å². The van der Waals surface area contributed by atoms with Crippen LogP contribution in [0.2, 0.25) is 0 Å². The Morgan fingerprint density at radius 1 is 1.15 bits per heavy atom. The number of carbonyl (C=O) groups is 2. The number of amides is 1. The molecule has 4 rings (SSSR count). The van der Waals surface area contributed by atoms with Gasteiger partial charge in [-0.15, -0.1) is 0 Å². The number of fused-ring (bicyclic) bond motifs is 1. The maximum atomic E-state index is 13.2. The molecule has 2 atom stereocenters. The number of unbranched alkanes of at least 4 members (excludes halogenated alkanes) is 2. The predicted molar refractivity (Wildman–Crippen MR) is 126 cm³/mol. The van der Waals surface area contributed by atoms with Crippen LogP contribution in [0.15, 0.2) is 48.0 Å². The average molecular weight is 450 g/mol. The van der Waals surface area contributed by atoms with E-state index in [4.69, 9.17) is 9.47 Å². The first-order chi connectivity index (χ1) is 15.9. The van der Waals surface area contributed by atoms with Crippen LogP contribution in [0.3, 0.4) is 0 Å². The van der Waals surface area contributed by atoms with E-state index in [0.717, 1.165) is 42.6 Å². The van der Waals surface area contributed by atoms with Gasteiger partial charge in [0.2, 0.25) is 0 Å². The highest BCUT2D eigenvalue weighted by atomic mass is 16.5. The Morgan fingerprint density at radius 2 is 1.97 bits per heavy atom. The van der Waals surface area contributed by atoms with Gasteiger partial charge in [0.1, 0.15) is 23.4 Å². The van der Waals surface area contributed by atoms with Crippen LogP contribution >= 0.6 is 0 Å². The number of ketones is 1. The maximum Gasteiger partial charge on any atom is 0.295 e. The van der Waals surface area contributed by atoms with Crippen molar-refractivity contribution in [1.82, 2.24) is 4.90 Å². The van der Waals surface area contributed by atoms with Gasteiger partial charge in [0.15, 0.2) is 0 Å². The molecule has 1 N–H and O–H groups in total. The first-order valence-electron chi connectivity index (χ1n) is 11.8. The Morgan fingerprint density at radius 3 is 2.73 bits per heavy atom. The summed E-state index contributed by atoms with van der Waals surface area (Å²) in [6.07, 6.45) is 3.56. The number of aliphatic hydroxyl groups is 1. The highest BCUT2D eigenvalue weighted by Crippen LogP contribution is 2.41. The predicted octanol–water partition coefficient (Wildman–Crippen LogP) is 5.02. The number of ether oxygens (including phenoxy) is 2. The van der Waals surface area contributed by atoms with E-state index in [1.807, 2.05) is 50.2 Å². The summed E-state index contributed by atoms with van der Waals surface area (Å²) in [6, 6.07) is 12.2. The Kier molecular flexibility index (Phi) is 6.72. The minimum Gasteiger partial charge on any atom is -0.507 e. The molecule has 2 heterocycles. The summed E-state index contributed by atoms with van der Waals surface area (Å²) in [4.78, 5) is 27.8. The van der Waals surface area contributed by atoms with Crippen LogP contribution in [0.5, 0.6) is 11.5 Å². The van der Waals surface area contributed by atoms with E-state index in [1.54, 1.807) is 11.0 Å². The second-order valence-corrected chi connectivity index (χ2v) is 8.66. The highest BCUT2D eigenvalue weighted by molar-refractivity contribution is 6.46. The summed E-state index contributed by atoms with van der Waals surface area (Å²) in [7, 11) is 0. The number of hydrogen-bond donors (Lipinski definition) is 1. The van der Waals surface area contributed by atoms with Crippen molar-refractivity contribution in [2.45, 2.75) is 58.6 Å². The van der Waals surface area contributed by atoms with Crippen LogP contribution in [0.25, 0.3) is 5.76 Å². The summed E-state index contributed by atoms with van der Waals surface area (Å²) < 4.78 is 11.4. The number of hydrogen-bond acceptors (Lipinski definition) is 5. The Labute approximate surface area is 194 Å². The molecule has 2 aliphatic rings. The third-order valence-electron chi connectivity index (χ3n) is 6.20. The molecule has 33 heavy (non-hydrogen) atoms. The van der Waals surface area contributed by atoms with E-state index in [0.29, 0.717) is 24.5 Å². The molecule has 2 aliphatic heterocycles. The highest BCUT2D eigenvalue weighted by Gasteiger charge is 2.46. The first-order valence-corrected chi connectivity index (χ1v) is 11.8. The van der Waals surface area contributed by atoms with Crippen LogP contribution in [0.4, 0.5) is 0 Å². The van der Waals surface area contributed by atoms with Gasteiger partial charge in [-0.05, 0) is 61.7 Å². The third-order valence-corrected chi connectivity index (χ3v) is 6.20. The number of rotatable bonds is 8. The van der Waals surface area contributed by atoms with Crippen molar-refractivity contribution < 1.29 is 24.2 Å². The van der Waals surface area contributed by atoms with Gasteiger partial charge >= 0.3 is 0 Å². The standard InChI is InChI=1S/C27H31NO5/c1-4-6-7-13-28-24(18-9-8-10-21(16-18)32-5-2)23(26(30)27(28)31)25(29)19-11-12-22-20(15-19)14-17(3)33-22/h8-12,15-17,24,29H,4-7,13-14H2,1-3H3/b25-23-. The number of benzene rings is 2. The van der Waals surface area contributed by atoms with Gasteiger partial charge in [-0.1, -0.05) is 31.9 Å². The minimum absolute atomic E-state index is 0.0721. The Bertz CT molecular complexity index is 1090. The summed E-state index contributed by atoms with van der Waals surface area (Å²) in [5.41, 5.74) is 2.37. The van der Waals surface area contributed by atoms with Gasteiger partial charge in [0, 0.05) is 18.5 Å². The van der Waals surface area contributed by atoms with Crippen LogP contribution in [-0.2, 0) is 16.0 Å². The van der Waals surface area contributed by atoms with E-state index < -0.39 is 17.7 Å². The van der Waals surface area contributed by atoms with Crippen molar-refractivity contribution in [2.24, 2.45) is 0 Å². The van der Waals surface area contributed by atoms with Gasteiger partial charge in [0.05, 0.1) is 18.2 Å². The second kappa shape index (κ2) is 9.69. The number of nitrogens with zero attached hydrogens (tertiary/aromatic N) is 1. The van der Waals surface area contributed by atoms with Gasteiger partial charge in [0.25, 0.3) is 11.7 Å². The smallest absolute Gasteiger partial charge is 0.295 e. The maximum absolute atomic E-state index is 13.2. The zero-order valence-corrected chi connectivity index (χ0v) is 19.5.